The molecular formula is C19H20S. The molecule has 1 heterocycles. The van der Waals surface area contributed by atoms with Crippen molar-refractivity contribution in [3.8, 4) is 0 Å². The van der Waals surface area contributed by atoms with Crippen LogP contribution in [0.5, 0.6) is 0 Å². The third-order valence-corrected chi connectivity index (χ3v) is 5.72. The number of fused-ring (bicyclic) bond motifs is 1. The topological polar surface area (TPSA) is 0 Å². The Bertz CT molecular complexity index is 678. The molecule has 0 aromatic heterocycles. The lowest BCUT2D eigenvalue weighted by Crippen LogP contribution is -2.11. The van der Waals surface area contributed by atoms with Crippen LogP contribution in [0.3, 0.4) is 0 Å². The second-order valence-corrected chi connectivity index (χ2v) is 7.76. The van der Waals surface area contributed by atoms with E-state index in [2.05, 4.69) is 80.4 Å². The highest BCUT2D eigenvalue weighted by Gasteiger charge is 2.24. The molecule has 1 aliphatic rings. The standard InChI is InChI=1S/C19H20S/c1-19(2)13-17(15-9-5-4-6-10-15)16-11-7-8-12-18(16)20(3)14-19/h4-13H,3,14H2,1-2H3. The van der Waals surface area contributed by atoms with Gasteiger partial charge in [-0.15, -0.1) is 0 Å². The fourth-order valence-corrected chi connectivity index (χ4v) is 4.73. The first kappa shape index (κ1) is 13.4. The molecule has 2 aromatic rings. The van der Waals surface area contributed by atoms with E-state index in [1.54, 1.807) is 0 Å². The van der Waals surface area contributed by atoms with E-state index < -0.39 is 0 Å². The zero-order valence-electron chi connectivity index (χ0n) is 12.1. The van der Waals surface area contributed by atoms with E-state index in [-0.39, 0.29) is 15.9 Å². The van der Waals surface area contributed by atoms with Gasteiger partial charge in [0, 0.05) is 10.6 Å². The molecule has 0 N–H and O–H groups in total. The van der Waals surface area contributed by atoms with Crippen molar-refractivity contribution in [2.24, 2.45) is 5.41 Å². The van der Waals surface area contributed by atoms with Crippen molar-refractivity contribution < 1.29 is 0 Å². The van der Waals surface area contributed by atoms with Crippen molar-refractivity contribution in [2.45, 2.75) is 18.7 Å². The maximum atomic E-state index is 4.42. The predicted octanol–water partition coefficient (Wildman–Crippen LogP) is 5.22. The molecule has 0 radical (unpaired) electrons. The summed E-state index contributed by atoms with van der Waals surface area (Å²) in [6, 6.07) is 19.4. The highest BCUT2D eigenvalue weighted by molar-refractivity contribution is 8.14. The largest absolute Gasteiger partial charge is 0.161 e. The molecule has 2 aromatic carbocycles. The molecule has 1 atom stereocenters. The van der Waals surface area contributed by atoms with Crippen LogP contribution in [0.15, 0.2) is 65.6 Å². The molecule has 3 rings (SSSR count). The molecule has 1 aliphatic heterocycles. The molecule has 0 aliphatic carbocycles. The van der Waals surface area contributed by atoms with Gasteiger partial charge in [-0.1, -0.05) is 74.3 Å². The van der Waals surface area contributed by atoms with Crippen LogP contribution in [0.1, 0.15) is 25.0 Å². The average molecular weight is 280 g/mol. The van der Waals surface area contributed by atoms with Crippen LogP contribution in [0.4, 0.5) is 0 Å². The van der Waals surface area contributed by atoms with Gasteiger partial charge < -0.3 is 0 Å². The fourth-order valence-electron chi connectivity index (χ4n) is 2.83. The summed E-state index contributed by atoms with van der Waals surface area (Å²) in [5.74, 6) is 5.53. The SMILES string of the molecule is C=S1CC(C)(C)C=C(c2ccccc2)c2ccccc21. The van der Waals surface area contributed by atoms with Crippen molar-refractivity contribution in [1.29, 1.82) is 0 Å². The maximum absolute atomic E-state index is 4.42. The molecule has 0 saturated carbocycles. The van der Waals surface area contributed by atoms with Crippen molar-refractivity contribution in [1.82, 2.24) is 0 Å². The summed E-state index contributed by atoms with van der Waals surface area (Å²) >= 11 is 0. The summed E-state index contributed by atoms with van der Waals surface area (Å²) in [5, 5.41) is 0. The Balaban J connectivity index is 2.26. The van der Waals surface area contributed by atoms with Crippen LogP contribution in [0, 0.1) is 5.41 Å². The lowest BCUT2D eigenvalue weighted by molar-refractivity contribution is 0.559. The van der Waals surface area contributed by atoms with Gasteiger partial charge in [0.15, 0.2) is 0 Å². The molecule has 0 amide bonds. The first-order valence-corrected chi connectivity index (χ1v) is 8.51. The number of rotatable bonds is 1. The minimum Gasteiger partial charge on any atom is -0.161 e. The van der Waals surface area contributed by atoms with E-state index in [9.17, 15) is 0 Å². The molecular weight excluding hydrogens is 260 g/mol. The Hall–Kier alpha value is -1.60. The first-order chi connectivity index (χ1) is 9.57. The van der Waals surface area contributed by atoms with Crippen LogP contribution in [-0.4, -0.2) is 11.6 Å². The lowest BCUT2D eigenvalue weighted by Gasteiger charge is -2.20. The van der Waals surface area contributed by atoms with E-state index in [1.165, 1.54) is 21.6 Å². The summed E-state index contributed by atoms with van der Waals surface area (Å²) < 4.78 is 0. The first-order valence-electron chi connectivity index (χ1n) is 6.95. The van der Waals surface area contributed by atoms with Crippen LogP contribution in [-0.2, 0) is 0 Å². The molecule has 0 saturated heterocycles. The summed E-state index contributed by atoms with van der Waals surface area (Å²) in [6.07, 6.45) is 2.43. The van der Waals surface area contributed by atoms with E-state index in [0.29, 0.717) is 0 Å². The smallest absolute Gasteiger partial charge is 0.00903 e. The Labute approximate surface area is 124 Å². The lowest BCUT2D eigenvalue weighted by atomic mass is 9.88. The van der Waals surface area contributed by atoms with Crippen molar-refractivity contribution in [3.63, 3.8) is 0 Å². The maximum Gasteiger partial charge on any atom is 0.00903 e. The average Bonchev–Trinajstić information content (AvgIpc) is 2.55. The van der Waals surface area contributed by atoms with Gasteiger partial charge in [0.1, 0.15) is 0 Å². The van der Waals surface area contributed by atoms with Crippen LogP contribution in [0.2, 0.25) is 0 Å². The van der Waals surface area contributed by atoms with Crippen molar-refractivity contribution in [3.05, 3.63) is 71.8 Å². The normalized spacial score (nSPS) is 20.7. The summed E-state index contributed by atoms with van der Waals surface area (Å²) in [7, 11) is 0.0515. The summed E-state index contributed by atoms with van der Waals surface area (Å²) in [4.78, 5) is 1.40. The quantitative estimate of drug-likeness (QED) is 0.628. The van der Waals surface area contributed by atoms with Crippen molar-refractivity contribution >= 4 is 21.9 Å². The highest BCUT2D eigenvalue weighted by Crippen LogP contribution is 2.44. The van der Waals surface area contributed by atoms with Gasteiger partial charge in [-0.3, -0.25) is 0 Å². The molecule has 1 heteroatoms. The molecule has 102 valence electrons. The molecule has 0 nitrogen and oxygen atoms in total. The summed E-state index contributed by atoms with van der Waals surface area (Å²) in [6.45, 7) is 4.62. The molecule has 1 unspecified atom stereocenters. The van der Waals surface area contributed by atoms with Gasteiger partial charge >= 0.3 is 0 Å². The number of benzene rings is 2. The van der Waals surface area contributed by atoms with Crippen LogP contribution < -0.4 is 0 Å². The van der Waals surface area contributed by atoms with E-state index >= 15 is 0 Å². The van der Waals surface area contributed by atoms with Gasteiger partial charge in [-0.2, -0.15) is 10.5 Å². The Morgan fingerprint density at radius 2 is 1.60 bits per heavy atom. The third kappa shape index (κ3) is 2.51. The molecule has 0 bridgehead atoms. The third-order valence-electron chi connectivity index (χ3n) is 3.65. The number of allylic oxidation sites excluding steroid dienone is 1. The molecule has 0 spiro atoms. The fraction of sp³-hybridized carbons (Fsp3) is 0.211. The Morgan fingerprint density at radius 3 is 2.35 bits per heavy atom. The monoisotopic (exact) mass is 280 g/mol. The Kier molecular flexibility index (Phi) is 3.39. The second-order valence-electron chi connectivity index (χ2n) is 6.05. The summed E-state index contributed by atoms with van der Waals surface area (Å²) in [5.41, 5.74) is 4.18. The number of hydrogen-bond donors (Lipinski definition) is 0. The zero-order chi connectivity index (χ0) is 14.2. The van der Waals surface area contributed by atoms with Crippen LogP contribution >= 0.6 is 10.5 Å². The minimum atomic E-state index is 0.0515. The zero-order valence-corrected chi connectivity index (χ0v) is 12.9. The van der Waals surface area contributed by atoms with Gasteiger partial charge in [0.05, 0.1) is 0 Å². The van der Waals surface area contributed by atoms with Gasteiger partial charge in [-0.05, 0) is 28.2 Å². The molecule has 0 fully saturated rings. The van der Waals surface area contributed by atoms with E-state index in [0.717, 1.165) is 5.75 Å². The molecule has 20 heavy (non-hydrogen) atoms. The Morgan fingerprint density at radius 1 is 0.950 bits per heavy atom. The predicted molar refractivity (Wildman–Crippen MR) is 91.6 cm³/mol. The van der Waals surface area contributed by atoms with Crippen molar-refractivity contribution in [2.75, 3.05) is 5.75 Å². The van der Waals surface area contributed by atoms with E-state index in [4.69, 9.17) is 0 Å². The van der Waals surface area contributed by atoms with Gasteiger partial charge in [0.25, 0.3) is 0 Å². The number of hydrogen-bond acceptors (Lipinski definition) is 0. The van der Waals surface area contributed by atoms with Gasteiger partial charge in [0.2, 0.25) is 0 Å². The second kappa shape index (κ2) is 5.06. The van der Waals surface area contributed by atoms with E-state index in [1.807, 2.05) is 0 Å². The minimum absolute atomic E-state index is 0.0515. The van der Waals surface area contributed by atoms with Crippen LogP contribution in [0.25, 0.3) is 5.57 Å². The van der Waals surface area contributed by atoms with Gasteiger partial charge in [-0.25, -0.2) is 0 Å². The highest BCUT2D eigenvalue weighted by atomic mass is 32.2.